The van der Waals surface area contributed by atoms with Crippen molar-refractivity contribution < 1.29 is 18.7 Å². The summed E-state index contributed by atoms with van der Waals surface area (Å²) in [6.07, 6.45) is 0.677. The van der Waals surface area contributed by atoms with Crippen molar-refractivity contribution in [1.29, 1.82) is 0 Å². The van der Waals surface area contributed by atoms with E-state index < -0.39 is 5.25 Å². The molecule has 1 atom stereocenters. The van der Waals surface area contributed by atoms with E-state index in [-0.39, 0.29) is 24.1 Å². The topological polar surface area (TPSA) is 71.0 Å². The predicted octanol–water partition coefficient (Wildman–Crippen LogP) is 4.44. The Kier molecular flexibility index (Phi) is 7.81. The molecular formula is C23H26FN3O3S. The Hall–Kier alpha value is -2.71. The van der Waals surface area contributed by atoms with Gasteiger partial charge in [0.1, 0.15) is 11.1 Å². The summed E-state index contributed by atoms with van der Waals surface area (Å²) in [6, 6.07) is 11.5. The van der Waals surface area contributed by atoms with Gasteiger partial charge in [-0.2, -0.15) is 0 Å². The third kappa shape index (κ3) is 6.15. The van der Waals surface area contributed by atoms with Crippen LogP contribution in [0, 0.1) is 19.7 Å². The maximum atomic E-state index is 13.1. The number of halogens is 1. The van der Waals surface area contributed by atoms with Gasteiger partial charge in [0.15, 0.2) is 5.17 Å². The SMILES string of the molecule is COCCCN1C(=O)C(CC(=O)Nc2ccc(F)cc2)SC1=Nc1ccc(C)cc1C. The number of carbonyl (C=O) groups is 2. The molecule has 6 nitrogen and oxygen atoms in total. The molecule has 0 aromatic heterocycles. The molecule has 1 saturated heterocycles. The molecule has 2 amide bonds. The fourth-order valence-electron chi connectivity index (χ4n) is 3.25. The van der Waals surface area contributed by atoms with E-state index in [1.807, 2.05) is 32.0 Å². The molecule has 31 heavy (non-hydrogen) atoms. The molecule has 1 unspecified atom stereocenters. The summed E-state index contributed by atoms with van der Waals surface area (Å²) < 4.78 is 18.2. The van der Waals surface area contributed by atoms with Crippen molar-refractivity contribution in [3.63, 3.8) is 0 Å². The van der Waals surface area contributed by atoms with E-state index in [1.54, 1.807) is 12.0 Å². The molecule has 2 aromatic carbocycles. The van der Waals surface area contributed by atoms with Crippen LogP contribution in [-0.2, 0) is 14.3 Å². The van der Waals surface area contributed by atoms with Crippen molar-refractivity contribution in [3.8, 4) is 0 Å². The highest BCUT2D eigenvalue weighted by molar-refractivity contribution is 8.15. The number of ether oxygens (including phenoxy) is 1. The highest BCUT2D eigenvalue weighted by Crippen LogP contribution is 2.33. The Labute approximate surface area is 185 Å². The van der Waals surface area contributed by atoms with Crippen LogP contribution in [0.15, 0.2) is 47.5 Å². The van der Waals surface area contributed by atoms with Crippen LogP contribution in [0.5, 0.6) is 0 Å². The van der Waals surface area contributed by atoms with Crippen molar-refractivity contribution in [3.05, 3.63) is 59.4 Å². The summed E-state index contributed by atoms with van der Waals surface area (Å²) in [5.41, 5.74) is 3.45. The Morgan fingerprint density at radius 1 is 1.23 bits per heavy atom. The molecule has 1 N–H and O–H groups in total. The van der Waals surface area contributed by atoms with E-state index in [0.717, 1.165) is 16.8 Å². The van der Waals surface area contributed by atoms with Crippen LogP contribution in [0.4, 0.5) is 15.8 Å². The molecule has 0 bridgehead atoms. The molecule has 0 aliphatic carbocycles. The van der Waals surface area contributed by atoms with E-state index >= 15 is 0 Å². The summed E-state index contributed by atoms with van der Waals surface area (Å²) in [5, 5.41) is 2.74. The van der Waals surface area contributed by atoms with Gasteiger partial charge in [-0.1, -0.05) is 29.5 Å². The minimum absolute atomic E-state index is 0.00749. The number of hydrogen-bond donors (Lipinski definition) is 1. The van der Waals surface area contributed by atoms with Crippen molar-refractivity contribution >= 4 is 40.1 Å². The maximum absolute atomic E-state index is 13.1. The number of aliphatic imine (C=N–C) groups is 1. The Bertz CT molecular complexity index is 979. The number of aryl methyl sites for hydroxylation is 2. The summed E-state index contributed by atoms with van der Waals surface area (Å²) in [4.78, 5) is 31.9. The molecule has 3 rings (SSSR count). The molecule has 2 aromatic rings. The van der Waals surface area contributed by atoms with Crippen LogP contribution in [0.1, 0.15) is 24.0 Å². The average Bonchev–Trinajstić information content (AvgIpc) is 3.01. The first kappa shape index (κ1) is 23.0. The molecular weight excluding hydrogens is 417 g/mol. The first-order valence-electron chi connectivity index (χ1n) is 10.1. The monoisotopic (exact) mass is 443 g/mol. The zero-order valence-electron chi connectivity index (χ0n) is 17.9. The molecule has 0 radical (unpaired) electrons. The number of benzene rings is 2. The Morgan fingerprint density at radius 2 is 1.97 bits per heavy atom. The fourth-order valence-corrected chi connectivity index (χ4v) is 4.42. The molecule has 1 aliphatic rings. The van der Waals surface area contributed by atoms with Crippen molar-refractivity contribution in [2.45, 2.75) is 31.9 Å². The maximum Gasteiger partial charge on any atom is 0.242 e. The lowest BCUT2D eigenvalue weighted by atomic mass is 10.1. The van der Waals surface area contributed by atoms with Gasteiger partial charge in [-0.15, -0.1) is 0 Å². The molecule has 164 valence electrons. The second-order valence-corrected chi connectivity index (χ2v) is 8.56. The summed E-state index contributed by atoms with van der Waals surface area (Å²) in [5.74, 6) is -0.820. The van der Waals surface area contributed by atoms with Crippen LogP contribution in [-0.4, -0.2) is 47.4 Å². The smallest absolute Gasteiger partial charge is 0.242 e. The van der Waals surface area contributed by atoms with Gasteiger partial charge < -0.3 is 10.1 Å². The minimum atomic E-state index is -0.563. The van der Waals surface area contributed by atoms with E-state index in [4.69, 9.17) is 9.73 Å². The molecule has 1 fully saturated rings. The van der Waals surface area contributed by atoms with Crippen molar-refractivity contribution in [2.24, 2.45) is 4.99 Å². The lowest BCUT2D eigenvalue weighted by Gasteiger charge is -2.16. The number of nitrogens with zero attached hydrogens (tertiary/aromatic N) is 2. The first-order chi connectivity index (χ1) is 14.9. The van der Waals surface area contributed by atoms with Crippen LogP contribution < -0.4 is 5.32 Å². The summed E-state index contributed by atoms with van der Waals surface area (Å²) in [6.45, 7) is 5.00. The summed E-state index contributed by atoms with van der Waals surface area (Å²) >= 11 is 1.30. The summed E-state index contributed by atoms with van der Waals surface area (Å²) in [7, 11) is 1.62. The van der Waals surface area contributed by atoms with Gasteiger partial charge in [0, 0.05) is 32.4 Å². The van der Waals surface area contributed by atoms with E-state index in [2.05, 4.69) is 5.32 Å². The molecule has 0 saturated carbocycles. The standard InChI is InChI=1S/C23H26FN3O3S/c1-15-5-10-19(16(2)13-15)26-23-27(11-4-12-30-3)22(29)20(31-23)14-21(28)25-18-8-6-17(24)7-9-18/h5-10,13,20H,4,11-12,14H2,1-3H3,(H,25,28). The molecule has 0 spiro atoms. The van der Waals surface area contributed by atoms with Gasteiger partial charge in [0.25, 0.3) is 0 Å². The number of nitrogens with one attached hydrogen (secondary N) is 1. The largest absolute Gasteiger partial charge is 0.385 e. The number of amides is 2. The second-order valence-electron chi connectivity index (χ2n) is 7.39. The van der Waals surface area contributed by atoms with Gasteiger partial charge in [0.05, 0.1) is 5.69 Å². The van der Waals surface area contributed by atoms with E-state index in [0.29, 0.717) is 30.4 Å². The lowest BCUT2D eigenvalue weighted by molar-refractivity contribution is -0.128. The van der Waals surface area contributed by atoms with Crippen LogP contribution in [0.3, 0.4) is 0 Å². The molecule has 8 heteroatoms. The van der Waals surface area contributed by atoms with Crippen molar-refractivity contribution in [2.75, 3.05) is 25.6 Å². The normalized spacial score (nSPS) is 17.4. The van der Waals surface area contributed by atoms with Gasteiger partial charge in [-0.05, 0) is 56.2 Å². The second kappa shape index (κ2) is 10.5. The third-order valence-corrected chi connectivity index (χ3v) is 5.99. The fraction of sp³-hybridized carbons (Fsp3) is 0.348. The van der Waals surface area contributed by atoms with Crippen LogP contribution in [0.25, 0.3) is 0 Å². The average molecular weight is 444 g/mol. The highest BCUT2D eigenvalue weighted by Gasteiger charge is 2.39. The molecule has 1 aliphatic heterocycles. The van der Waals surface area contributed by atoms with Crippen molar-refractivity contribution in [1.82, 2.24) is 4.90 Å². The predicted molar refractivity (Wildman–Crippen MR) is 122 cm³/mol. The third-order valence-electron chi connectivity index (χ3n) is 4.82. The van der Waals surface area contributed by atoms with Gasteiger partial charge in [-0.25, -0.2) is 9.38 Å². The van der Waals surface area contributed by atoms with E-state index in [1.165, 1.54) is 36.0 Å². The van der Waals surface area contributed by atoms with E-state index in [9.17, 15) is 14.0 Å². The highest BCUT2D eigenvalue weighted by atomic mass is 32.2. The number of methoxy groups -OCH3 is 1. The molecule has 1 heterocycles. The number of anilines is 1. The number of hydrogen-bond acceptors (Lipinski definition) is 5. The number of rotatable bonds is 8. The number of thioether (sulfide) groups is 1. The lowest BCUT2D eigenvalue weighted by Crippen LogP contribution is -2.34. The zero-order chi connectivity index (χ0) is 22.4. The van der Waals surface area contributed by atoms with Gasteiger partial charge in [0.2, 0.25) is 11.8 Å². The first-order valence-corrected chi connectivity index (χ1v) is 10.9. The zero-order valence-corrected chi connectivity index (χ0v) is 18.7. The van der Waals surface area contributed by atoms with Gasteiger partial charge in [-0.3, -0.25) is 14.5 Å². The van der Waals surface area contributed by atoms with Crippen LogP contribution in [0.2, 0.25) is 0 Å². The number of carbonyl (C=O) groups excluding carboxylic acids is 2. The Balaban J connectivity index is 1.75. The Morgan fingerprint density at radius 3 is 2.65 bits per heavy atom. The quantitative estimate of drug-likeness (QED) is 0.613. The van der Waals surface area contributed by atoms with Crippen LogP contribution >= 0.6 is 11.8 Å². The number of amidine groups is 1. The minimum Gasteiger partial charge on any atom is -0.385 e. The van der Waals surface area contributed by atoms with Gasteiger partial charge >= 0.3 is 0 Å².